The molecule has 0 fully saturated rings. The van der Waals surface area contributed by atoms with Gasteiger partial charge in [-0.05, 0) is 30.8 Å². The third-order valence-corrected chi connectivity index (χ3v) is 3.61. The third kappa shape index (κ3) is 4.69. The predicted octanol–water partition coefficient (Wildman–Crippen LogP) is 2.99. The van der Waals surface area contributed by atoms with E-state index in [9.17, 15) is 4.79 Å². The lowest BCUT2D eigenvalue weighted by molar-refractivity contribution is 0.195. The Bertz CT molecular complexity index is 416. The summed E-state index contributed by atoms with van der Waals surface area (Å²) in [7, 11) is 3.48. The van der Waals surface area contributed by atoms with Gasteiger partial charge in [-0.2, -0.15) is 0 Å². The molecular formula is C15H24ClN3O. The summed E-state index contributed by atoms with van der Waals surface area (Å²) in [6.45, 7) is 6.70. The number of amides is 2. The zero-order valence-corrected chi connectivity index (χ0v) is 13.4. The molecule has 112 valence electrons. The first kappa shape index (κ1) is 16.8. The van der Waals surface area contributed by atoms with E-state index in [1.54, 1.807) is 19.0 Å². The van der Waals surface area contributed by atoms with Crippen molar-refractivity contribution in [2.24, 2.45) is 0 Å². The van der Waals surface area contributed by atoms with Crippen molar-refractivity contribution in [1.29, 1.82) is 0 Å². The standard InChI is InChI=1S/C15H24ClN3O/c1-5-19(6-2)14(11-17-15(20)18(3)4)12-7-9-13(16)10-8-12/h7-10,14H,5-6,11H2,1-4H3,(H,17,20). The Balaban J connectivity index is 2.85. The van der Waals surface area contributed by atoms with Gasteiger partial charge in [-0.1, -0.05) is 37.6 Å². The van der Waals surface area contributed by atoms with Crippen molar-refractivity contribution in [2.45, 2.75) is 19.9 Å². The van der Waals surface area contributed by atoms with Crippen LogP contribution in [0.4, 0.5) is 4.79 Å². The van der Waals surface area contributed by atoms with Crippen LogP contribution in [0.1, 0.15) is 25.5 Å². The van der Waals surface area contributed by atoms with Crippen LogP contribution in [0.25, 0.3) is 0 Å². The summed E-state index contributed by atoms with van der Waals surface area (Å²) in [5.41, 5.74) is 1.16. The minimum absolute atomic E-state index is 0.0730. The van der Waals surface area contributed by atoms with Crippen LogP contribution in [0.5, 0.6) is 0 Å². The van der Waals surface area contributed by atoms with Crippen molar-refractivity contribution in [3.05, 3.63) is 34.9 Å². The molecule has 1 aromatic rings. The molecule has 0 aliphatic carbocycles. The quantitative estimate of drug-likeness (QED) is 0.876. The van der Waals surface area contributed by atoms with Crippen molar-refractivity contribution < 1.29 is 4.79 Å². The Morgan fingerprint density at radius 3 is 2.20 bits per heavy atom. The van der Waals surface area contributed by atoms with Gasteiger partial charge in [-0.3, -0.25) is 4.90 Å². The molecule has 0 aliphatic rings. The van der Waals surface area contributed by atoms with Crippen LogP contribution in [-0.4, -0.2) is 49.6 Å². The van der Waals surface area contributed by atoms with E-state index < -0.39 is 0 Å². The fourth-order valence-corrected chi connectivity index (χ4v) is 2.28. The lowest BCUT2D eigenvalue weighted by Crippen LogP contribution is -2.41. The number of carbonyl (C=O) groups is 1. The van der Waals surface area contributed by atoms with E-state index in [0.29, 0.717) is 6.54 Å². The zero-order chi connectivity index (χ0) is 15.1. The van der Waals surface area contributed by atoms with Gasteiger partial charge in [-0.15, -0.1) is 0 Å². The molecule has 5 heteroatoms. The first-order valence-electron chi connectivity index (χ1n) is 6.94. The second-order valence-corrected chi connectivity index (χ2v) is 5.31. The number of rotatable bonds is 6. The number of urea groups is 1. The Kier molecular flexibility index (Phi) is 6.82. The number of hydrogen-bond acceptors (Lipinski definition) is 2. The van der Waals surface area contributed by atoms with Crippen molar-refractivity contribution in [3.63, 3.8) is 0 Å². The van der Waals surface area contributed by atoms with Gasteiger partial charge in [0.2, 0.25) is 0 Å². The van der Waals surface area contributed by atoms with Crippen LogP contribution in [0.3, 0.4) is 0 Å². The predicted molar refractivity (Wildman–Crippen MR) is 84.2 cm³/mol. The fourth-order valence-electron chi connectivity index (χ4n) is 2.15. The third-order valence-electron chi connectivity index (χ3n) is 3.36. The van der Waals surface area contributed by atoms with Crippen molar-refractivity contribution in [2.75, 3.05) is 33.7 Å². The first-order chi connectivity index (χ1) is 9.49. The molecule has 1 aromatic carbocycles. The lowest BCUT2D eigenvalue weighted by Gasteiger charge is -2.30. The molecule has 1 N–H and O–H groups in total. The Hall–Kier alpha value is -1.26. The number of hydrogen-bond donors (Lipinski definition) is 1. The normalized spacial score (nSPS) is 12.3. The second kappa shape index (κ2) is 8.12. The number of nitrogens with zero attached hydrogens (tertiary/aromatic N) is 2. The SMILES string of the molecule is CCN(CC)C(CNC(=O)N(C)C)c1ccc(Cl)cc1. The molecule has 0 radical (unpaired) electrons. The lowest BCUT2D eigenvalue weighted by atomic mass is 10.1. The number of nitrogens with one attached hydrogen (secondary N) is 1. The van der Waals surface area contributed by atoms with Gasteiger partial charge in [0.05, 0.1) is 6.04 Å². The van der Waals surface area contributed by atoms with Gasteiger partial charge in [0.15, 0.2) is 0 Å². The molecule has 0 aromatic heterocycles. The van der Waals surface area contributed by atoms with Gasteiger partial charge < -0.3 is 10.2 Å². The summed E-state index contributed by atoms with van der Waals surface area (Å²) < 4.78 is 0. The second-order valence-electron chi connectivity index (χ2n) is 4.87. The topological polar surface area (TPSA) is 35.6 Å². The van der Waals surface area contributed by atoms with E-state index in [2.05, 4.69) is 24.1 Å². The molecule has 0 heterocycles. The number of likely N-dealkylation sites (N-methyl/N-ethyl adjacent to an activating group) is 1. The Morgan fingerprint density at radius 1 is 1.20 bits per heavy atom. The van der Waals surface area contributed by atoms with Crippen molar-refractivity contribution >= 4 is 17.6 Å². The summed E-state index contributed by atoms with van der Waals surface area (Å²) in [6.07, 6.45) is 0. The smallest absolute Gasteiger partial charge is 0.316 e. The summed E-state index contributed by atoms with van der Waals surface area (Å²) in [5, 5.41) is 3.68. The molecule has 1 rings (SSSR count). The summed E-state index contributed by atoms with van der Waals surface area (Å²) >= 11 is 5.94. The molecule has 1 unspecified atom stereocenters. The molecular weight excluding hydrogens is 274 g/mol. The first-order valence-corrected chi connectivity index (χ1v) is 7.32. The van der Waals surface area contributed by atoms with Crippen molar-refractivity contribution in [1.82, 2.24) is 15.1 Å². The van der Waals surface area contributed by atoms with E-state index in [4.69, 9.17) is 11.6 Å². The van der Waals surface area contributed by atoms with E-state index in [1.807, 2.05) is 24.3 Å². The molecule has 1 atom stereocenters. The van der Waals surface area contributed by atoms with E-state index in [-0.39, 0.29) is 12.1 Å². The van der Waals surface area contributed by atoms with Crippen LogP contribution in [0, 0.1) is 0 Å². The summed E-state index contributed by atoms with van der Waals surface area (Å²) in [6, 6.07) is 7.91. The number of halogens is 1. The molecule has 0 saturated heterocycles. The molecule has 0 saturated carbocycles. The average Bonchev–Trinajstić information content (AvgIpc) is 2.44. The Labute approximate surface area is 126 Å². The largest absolute Gasteiger partial charge is 0.336 e. The van der Waals surface area contributed by atoms with Crippen LogP contribution in [0.15, 0.2) is 24.3 Å². The fraction of sp³-hybridized carbons (Fsp3) is 0.533. The van der Waals surface area contributed by atoms with Gasteiger partial charge in [0.25, 0.3) is 0 Å². The van der Waals surface area contributed by atoms with Crippen LogP contribution < -0.4 is 5.32 Å². The maximum Gasteiger partial charge on any atom is 0.316 e. The molecule has 20 heavy (non-hydrogen) atoms. The van der Waals surface area contributed by atoms with Gasteiger partial charge in [0, 0.05) is 25.7 Å². The van der Waals surface area contributed by atoms with Crippen LogP contribution >= 0.6 is 11.6 Å². The summed E-state index contributed by atoms with van der Waals surface area (Å²) in [5.74, 6) is 0. The van der Waals surface area contributed by atoms with Gasteiger partial charge >= 0.3 is 6.03 Å². The van der Waals surface area contributed by atoms with E-state index >= 15 is 0 Å². The summed E-state index contributed by atoms with van der Waals surface area (Å²) in [4.78, 5) is 15.6. The monoisotopic (exact) mass is 297 g/mol. The molecule has 4 nitrogen and oxygen atoms in total. The van der Waals surface area contributed by atoms with Gasteiger partial charge in [-0.25, -0.2) is 4.79 Å². The highest BCUT2D eigenvalue weighted by molar-refractivity contribution is 6.30. The highest BCUT2D eigenvalue weighted by atomic mass is 35.5. The maximum absolute atomic E-state index is 11.7. The van der Waals surface area contributed by atoms with Crippen molar-refractivity contribution in [3.8, 4) is 0 Å². The zero-order valence-electron chi connectivity index (χ0n) is 12.7. The number of carbonyl (C=O) groups excluding carboxylic acids is 1. The van der Waals surface area contributed by atoms with E-state index in [0.717, 1.165) is 23.7 Å². The highest BCUT2D eigenvalue weighted by Crippen LogP contribution is 2.21. The molecule has 0 bridgehead atoms. The maximum atomic E-state index is 11.7. The Morgan fingerprint density at radius 2 is 1.75 bits per heavy atom. The molecule has 0 spiro atoms. The molecule has 0 aliphatic heterocycles. The minimum Gasteiger partial charge on any atom is -0.336 e. The minimum atomic E-state index is -0.0730. The highest BCUT2D eigenvalue weighted by Gasteiger charge is 2.19. The number of benzene rings is 1. The van der Waals surface area contributed by atoms with Crippen LogP contribution in [0.2, 0.25) is 5.02 Å². The van der Waals surface area contributed by atoms with Gasteiger partial charge in [0.1, 0.15) is 0 Å². The molecule has 2 amide bonds. The van der Waals surface area contributed by atoms with Crippen LogP contribution in [-0.2, 0) is 0 Å². The van der Waals surface area contributed by atoms with E-state index in [1.165, 1.54) is 0 Å². The average molecular weight is 298 g/mol.